The molecule has 0 radical (unpaired) electrons. The van der Waals surface area contributed by atoms with Crippen molar-refractivity contribution in [3.8, 4) is 0 Å². The number of hydrogen-bond acceptors (Lipinski definition) is 9. The molecule has 3 amide bonds. The van der Waals surface area contributed by atoms with E-state index in [1.165, 1.54) is 6.92 Å². The van der Waals surface area contributed by atoms with E-state index in [0.29, 0.717) is 0 Å². The number of aromatic carboxylic acids is 1. The quantitative estimate of drug-likeness (QED) is 0.281. The highest BCUT2D eigenvalue weighted by atomic mass is 16.6. The second kappa shape index (κ2) is 9.82. The molecule has 0 fully saturated rings. The first-order valence-electron chi connectivity index (χ1n) is 8.89. The van der Waals surface area contributed by atoms with Gasteiger partial charge in [-0.2, -0.15) is 0 Å². The van der Waals surface area contributed by atoms with Crippen molar-refractivity contribution in [2.75, 3.05) is 12.3 Å². The summed E-state index contributed by atoms with van der Waals surface area (Å²) in [6, 6.07) is -2.21. The van der Waals surface area contributed by atoms with E-state index in [9.17, 15) is 24.3 Å². The van der Waals surface area contributed by atoms with Gasteiger partial charge in [0, 0.05) is 18.5 Å². The molecule has 13 nitrogen and oxygen atoms in total. The number of nitrogens with two attached hydrogens (primary N) is 3. The minimum Gasteiger partial charge on any atom is -0.476 e. The van der Waals surface area contributed by atoms with Crippen LogP contribution in [0.15, 0.2) is 0 Å². The number of nitrogen functional groups attached to an aromatic ring is 1. The van der Waals surface area contributed by atoms with E-state index < -0.39 is 41.6 Å². The Morgan fingerprint density at radius 1 is 1.17 bits per heavy atom. The molecule has 13 heteroatoms. The molecule has 0 aliphatic heterocycles. The third-order valence-corrected chi connectivity index (χ3v) is 3.72. The summed E-state index contributed by atoms with van der Waals surface area (Å²) < 4.78 is 5.08. The number of carboxylic acids is 1. The Hall–Kier alpha value is -3.48. The summed E-state index contributed by atoms with van der Waals surface area (Å²) in [6.45, 7) is 6.13. The number of hydrogen-bond donors (Lipinski definition) is 6. The molecule has 0 spiro atoms. The largest absolute Gasteiger partial charge is 0.476 e. The van der Waals surface area contributed by atoms with E-state index in [-0.39, 0.29) is 35.9 Å². The van der Waals surface area contributed by atoms with Gasteiger partial charge in [-0.25, -0.2) is 19.6 Å². The van der Waals surface area contributed by atoms with Crippen molar-refractivity contribution in [3.63, 3.8) is 0 Å². The van der Waals surface area contributed by atoms with E-state index >= 15 is 0 Å². The molecule has 0 saturated carbocycles. The third kappa shape index (κ3) is 7.50. The maximum Gasteiger partial charge on any atom is 0.408 e. The Morgan fingerprint density at radius 3 is 2.23 bits per heavy atom. The molecule has 2 atom stereocenters. The van der Waals surface area contributed by atoms with Crippen molar-refractivity contribution in [1.29, 1.82) is 0 Å². The van der Waals surface area contributed by atoms with Gasteiger partial charge in [0.2, 0.25) is 11.8 Å². The highest BCUT2D eigenvalue weighted by Crippen LogP contribution is 2.19. The van der Waals surface area contributed by atoms with Crippen molar-refractivity contribution in [3.05, 3.63) is 17.1 Å². The van der Waals surface area contributed by atoms with Crippen molar-refractivity contribution in [1.82, 2.24) is 20.6 Å². The molecule has 0 aliphatic carbocycles. The summed E-state index contributed by atoms with van der Waals surface area (Å²) in [5, 5.41) is 14.4. The number of nitrogens with one attached hydrogen (secondary N) is 2. The normalized spacial score (nSPS) is 13.2. The molecule has 9 N–H and O–H groups in total. The van der Waals surface area contributed by atoms with Crippen molar-refractivity contribution in [2.45, 2.75) is 51.8 Å². The summed E-state index contributed by atoms with van der Waals surface area (Å²) in [5.41, 5.74) is 15.3. The first kappa shape index (κ1) is 24.6. The molecule has 1 aromatic heterocycles. The summed E-state index contributed by atoms with van der Waals surface area (Å²) in [5.74, 6) is -3.16. The minimum absolute atomic E-state index is 0.0907. The first-order valence-corrected chi connectivity index (χ1v) is 8.89. The molecule has 1 aromatic rings. The molecule has 0 aliphatic rings. The van der Waals surface area contributed by atoms with Crippen LogP contribution in [-0.2, 0) is 14.3 Å². The fourth-order valence-corrected chi connectivity index (χ4v) is 2.30. The van der Waals surface area contributed by atoms with Crippen LogP contribution >= 0.6 is 0 Å². The van der Waals surface area contributed by atoms with E-state index in [4.69, 9.17) is 21.9 Å². The molecular weight excluding hydrogens is 398 g/mol. The number of carbonyl (C=O) groups is 4. The average Bonchev–Trinajstić information content (AvgIpc) is 2.57. The average molecular weight is 425 g/mol. The SMILES string of the molecule is Cc1c(N)nc(C(CC(N)=O)NCC(NC(=O)OC(C)(C)C)C(N)=O)nc1C(=O)O. The molecule has 1 rings (SSSR count). The van der Waals surface area contributed by atoms with Crippen LogP contribution in [0.25, 0.3) is 0 Å². The third-order valence-electron chi connectivity index (χ3n) is 3.72. The predicted octanol–water partition coefficient (Wildman–Crippen LogP) is -1.05. The summed E-state index contributed by atoms with van der Waals surface area (Å²) in [4.78, 5) is 54.4. The number of anilines is 1. The molecule has 0 saturated heterocycles. The molecule has 0 aromatic carbocycles. The van der Waals surface area contributed by atoms with Crippen LogP contribution in [0.5, 0.6) is 0 Å². The fraction of sp³-hybridized carbons (Fsp3) is 0.529. The number of carbonyl (C=O) groups excluding carboxylic acids is 3. The second-order valence-corrected chi connectivity index (χ2v) is 7.48. The van der Waals surface area contributed by atoms with Crippen LogP contribution in [0, 0.1) is 6.92 Å². The topological polar surface area (TPSA) is 226 Å². The van der Waals surface area contributed by atoms with E-state index in [0.717, 1.165) is 0 Å². The number of amides is 3. The van der Waals surface area contributed by atoms with Gasteiger partial charge in [-0.3, -0.25) is 9.59 Å². The maximum atomic E-state index is 11.9. The number of ether oxygens (including phenoxy) is 1. The Morgan fingerprint density at radius 2 is 1.77 bits per heavy atom. The predicted molar refractivity (Wildman–Crippen MR) is 105 cm³/mol. The number of carboxylic acid groups (broad SMARTS) is 1. The lowest BCUT2D eigenvalue weighted by molar-refractivity contribution is -0.120. The Kier molecular flexibility index (Phi) is 8.04. The highest BCUT2D eigenvalue weighted by Gasteiger charge is 2.26. The Bertz CT molecular complexity index is 837. The van der Waals surface area contributed by atoms with Gasteiger partial charge in [0.15, 0.2) is 5.69 Å². The van der Waals surface area contributed by atoms with Gasteiger partial charge in [-0.15, -0.1) is 0 Å². The summed E-state index contributed by atoms with van der Waals surface area (Å²) >= 11 is 0. The van der Waals surface area contributed by atoms with E-state index in [1.54, 1.807) is 20.8 Å². The molecule has 2 unspecified atom stereocenters. The van der Waals surface area contributed by atoms with Gasteiger partial charge in [-0.05, 0) is 27.7 Å². The Labute approximate surface area is 172 Å². The second-order valence-electron chi connectivity index (χ2n) is 7.48. The zero-order valence-corrected chi connectivity index (χ0v) is 17.2. The van der Waals surface area contributed by atoms with Gasteiger partial charge in [0.1, 0.15) is 23.3 Å². The summed E-state index contributed by atoms with van der Waals surface area (Å²) in [7, 11) is 0. The van der Waals surface area contributed by atoms with Crippen molar-refractivity contribution < 1.29 is 29.0 Å². The number of primary amides is 2. The minimum atomic E-state index is -1.33. The van der Waals surface area contributed by atoms with Crippen molar-refractivity contribution in [2.24, 2.45) is 11.5 Å². The van der Waals surface area contributed by atoms with E-state index in [2.05, 4.69) is 20.6 Å². The fourth-order valence-electron chi connectivity index (χ4n) is 2.30. The van der Waals surface area contributed by atoms with Crippen LogP contribution in [-0.4, -0.2) is 57.1 Å². The van der Waals surface area contributed by atoms with Gasteiger partial charge < -0.3 is 37.7 Å². The number of rotatable bonds is 9. The van der Waals surface area contributed by atoms with Crippen LogP contribution in [0.4, 0.5) is 10.6 Å². The standard InChI is InChI=1S/C17H27N7O6/c1-7-11(15(27)28)23-14(24-12(7)19)8(5-10(18)25)21-6-9(13(20)26)22-16(29)30-17(2,3)4/h8-9,21H,5-6H2,1-4H3,(H2,18,25)(H2,20,26)(H,22,29)(H,27,28)(H2,19,23,24). The maximum absolute atomic E-state index is 11.9. The zero-order chi connectivity index (χ0) is 23.2. The molecular formula is C17H27N7O6. The van der Waals surface area contributed by atoms with Crippen molar-refractivity contribution >= 4 is 29.7 Å². The van der Waals surface area contributed by atoms with E-state index in [1.807, 2.05) is 0 Å². The number of aromatic nitrogens is 2. The molecule has 30 heavy (non-hydrogen) atoms. The lowest BCUT2D eigenvalue weighted by Gasteiger charge is -2.24. The highest BCUT2D eigenvalue weighted by molar-refractivity contribution is 5.88. The van der Waals surface area contributed by atoms with Gasteiger partial charge in [-0.1, -0.05) is 0 Å². The molecule has 0 bridgehead atoms. The first-order chi connectivity index (χ1) is 13.7. The Balaban J connectivity index is 3.07. The zero-order valence-electron chi connectivity index (χ0n) is 17.2. The van der Waals surface area contributed by atoms with Gasteiger partial charge in [0.25, 0.3) is 0 Å². The van der Waals surface area contributed by atoms with Crippen LogP contribution in [0.2, 0.25) is 0 Å². The smallest absolute Gasteiger partial charge is 0.408 e. The summed E-state index contributed by atoms with van der Waals surface area (Å²) in [6.07, 6.45) is -1.21. The molecule has 1 heterocycles. The monoisotopic (exact) mass is 425 g/mol. The van der Waals surface area contributed by atoms with Crippen LogP contribution < -0.4 is 27.8 Å². The van der Waals surface area contributed by atoms with Crippen LogP contribution in [0.3, 0.4) is 0 Å². The number of nitrogens with zero attached hydrogens (tertiary/aromatic N) is 2. The lowest BCUT2D eigenvalue weighted by Crippen LogP contribution is -2.52. The van der Waals surface area contributed by atoms with Gasteiger partial charge >= 0.3 is 12.1 Å². The van der Waals surface area contributed by atoms with Crippen LogP contribution in [0.1, 0.15) is 55.1 Å². The lowest BCUT2D eigenvalue weighted by atomic mass is 10.1. The van der Waals surface area contributed by atoms with Gasteiger partial charge in [0.05, 0.1) is 6.04 Å². The molecule has 166 valence electrons. The number of alkyl carbamates (subject to hydrolysis) is 1.